The lowest BCUT2D eigenvalue weighted by molar-refractivity contribution is 0.147. The zero-order valence-corrected chi connectivity index (χ0v) is 13.5. The van der Waals surface area contributed by atoms with Crippen molar-refractivity contribution in [2.24, 2.45) is 5.73 Å². The number of halogens is 1. The van der Waals surface area contributed by atoms with Crippen LogP contribution in [0.25, 0.3) is 0 Å². The molecule has 0 aromatic heterocycles. The van der Waals surface area contributed by atoms with Gasteiger partial charge in [0.2, 0.25) is 0 Å². The van der Waals surface area contributed by atoms with Gasteiger partial charge in [-0.05, 0) is 30.7 Å². The van der Waals surface area contributed by atoms with Crippen LogP contribution in [0.2, 0.25) is 0 Å². The molecule has 0 saturated carbocycles. The molecule has 0 saturated heterocycles. The maximum Gasteiger partial charge on any atom is 0.137 e. The molecular formula is C17H18BrNO2. The third kappa shape index (κ3) is 3.22. The Morgan fingerprint density at radius 3 is 2.90 bits per heavy atom. The molecule has 1 heterocycles. The van der Waals surface area contributed by atoms with E-state index in [1.807, 2.05) is 43.3 Å². The van der Waals surface area contributed by atoms with Crippen LogP contribution in [0.5, 0.6) is 11.5 Å². The predicted octanol–water partition coefficient (Wildman–Crippen LogP) is 3.85. The summed E-state index contributed by atoms with van der Waals surface area (Å²) in [6.07, 6.45) is 0.944. The molecule has 3 nitrogen and oxygen atoms in total. The van der Waals surface area contributed by atoms with E-state index < -0.39 is 0 Å². The second kappa shape index (κ2) is 6.08. The Morgan fingerprint density at radius 1 is 1.33 bits per heavy atom. The summed E-state index contributed by atoms with van der Waals surface area (Å²) in [5.41, 5.74) is 8.24. The molecule has 110 valence electrons. The Bertz CT molecular complexity index is 617. The monoisotopic (exact) mass is 347 g/mol. The molecule has 1 aliphatic rings. The number of benzene rings is 2. The first-order valence-corrected chi connectivity index (χ1v) is 7.85. The maximum atomic E-state index is 5.99. The first-order chi connectivity index (χ1) is 10.1. The van der Waals surface area contributed by atoms with E-state index in [0.717, 1.165) is 28.0 Å². The lowest BCUT2D eigenvalue weighted by Gasteiger charge is -2.17. The molecule has 3 rings (SSSR count). The minimum absolute atomic E-state index is 0.0577. The van der Waals surface area contributed by atoms with Crippen LogP contribution in [0.1, 0.15) is 24.1 Å². The standard InChI is InChI=1S/C17H18BrNO2/c1-11(19)15-7-6-13(18)9-17(15)20-10-14-8-12-4-2-3-5-16(12)21-14/h2-7,9,11,14H,8,10,19H2,1H3/t11-,14?/m1/s1. The molecule has 0 aliphatic carbocycles. The molecule has 4 heteroatoms. The summed E-state index contributed by atoms with van der Waals surface area (Å²) >= 11 is 3.47. The summed E-state index contributed by atoms with van der Waals surface area (Å²) in [7, 11) is 0. The lowest BCUT2D eigenvalue weighted by atomic mass is 10.1. The van der Waals surface area contributed by atoms with Crippen molar-refractivity contribution in [3.8, 4) is 11.5 Å². The van der Waals surface area contributed by atoms with E-state index in [9.17, 15) is 0 Å². The predicted molar refractivity (Wildman–Crippen MR) is 86.8 cm³/mol. The molecular weight excluding hydrogens is 330 g/mol. The molecule has 2 aromatic rings. The van der Waals surface area contributed by atoms with Gasteiger partial charge in [0.15, 0.2) is 0 Å². The number of hydrogen-bond acceptors (Lipinski definition) is 3. The number of ether oxygens (including phenoxy) is 2. The summed E-state index contributed by atoms with van der Waals surface area (Å²) in [5, 5.41) is 0. The summed E-state index contributed by atoms with van der Waals surface area (Å²) in [6.45, 7) is 2.48. The summed E-state index contributed by atoms with van der Waals surface area (Å²) in [4.78, 5) is 0. The van der Waals surface area contributed by atoms with Crippen molar-refractivity contribution in [1.29, 1.82) is 0 Å². The fourth-order valence-corrected chi connectivity index (χ4v) is 2.88. The number of para-hydroxylation sites is 1. The Morgan fingerprint density at radius 2 is 2.14 bits per heavy atom. The highest BCUT2D eigenvalue weighted by molar-refractivity contribution is 9.10. The van der Waals surface area contributed by atoms with Gasteiger partial charge in [-0.25, -0.2) is 0 Å². The Labute approximate surface area is 133 Å². The van der Waals surface area contributed by atoms with Gasteiger partial charge >= 0.3 is 0 Å². The van der Waals surface area contributed by atoms with Gasteiger partial charge in [0.1, 0.15) is 24.2 Å². The van der Waals surface area contributed by atoms with Crippen LogP contribution >= 0.6 is 15.9 Å². The van der Waals surface area contributed by atoms with Crippen molar-refractivity contribution in [1.82, 2.24) is 0 Å². The molecule has 0 amide bonds. The molecule has 21 heavy (non-hydrogen) atoms. The lowest BCUT2D eigenvalue weighted by Crippen LogP contribution is -2.23. The maximum absolute atomic E-state index is 5.99. The van der Waals surface area contributed by atoms with Gasteiger partial charge < -0.3 is 15.2 Å². The van der Waals surface area contributed by atoms with Gasteiger partial charge in [0.25, 0.3) is 0 Å². The average molecular weight is 348 g/mol. The van der Waals surface area contributed by atoms with Gasteiger partial charge in [0.05, 0.1) is 0 Å². The molecule has 0 bridgehead atoms. The third-order valence-corrected chi connectivity index (χ3v) is 4.10. The van der Waals surface area contributed by atoms with E-state index in [-0.39, 0.29) is 12.1 Å². The highest BCUT2D eigenvalue weighted by Crippen LogP contribution is 2.31. The van der Waals surface area contributed by atoms with Crippen LogP contribution in [0.3, 0.4) is 0 Å². The molecule has 2 atom stereocenters. The number of nitrogens with two attached hydrogens (primary N) is 1. The zero-order chi connectivity index (χ0) is 14.8. The second-order valence-electron chi connectivity index (χ2n) is 5.33. The first kappa shape index (κ1) is 14.4. The number of rotatable bonds is 4. The highest BCUT2D eigenvalue weighted by Gasteiger charge is 2.23. The van der Waals surface area contributed by atoms with Crippen LogP contribution in [0, 0.1) is 0 Å². The van der Waals surface area contributed by atoms with E-state index in [0.29, 0.717) is 6.61 Å². The van der Waals surface area contributed by atoms with E-state index in [4.69, 9.17) is 15.2 Å². The van der Waals surface area contributed by atoms with Crippen molar-refractivity contribution in [3.05, 3.63) is 58.1 Å². The second-order valence-corrected chi connectivity index (χ2v) is 6.25. The molecule has 0 radical (unpaired) electrons. The van der Waals surface area contributed by atoms with Crippen LogP contribution < -0.4 is 15.2 Å². The molecule has 1 unspecified atom stereocenters. The number of hydrogen-bond donors (Lipinski definition) is 1. The van der Waals surface area contributed by atoms with Crippen molar-refractivity contribution in [2.75, 3.05) is 6.61 Å². The van der Waals surface area contributed by atoms with E-state index in [1.165, 1.54) is 5.56 Å². The molecule has 2 N–H and O–H groups in total. The number of fused-ring (bicyclic) bond motifs is 1. The summed E-state index contributed by atoms with van der Waals surface area (Å²) < 4.78 is 12.8. The van der Waals surface area contributed by atoms with Crippen molar-refractivity contribution in [3.63, 3.8) is 0 Å². The Kier molecular flexibility index (Phi) is 4.17. The minimum atomic E-state index is -0.0604. The zero-order valence-electron chi connectivity index (χ0n) is 11.9. The SMILES string of the molecule is C[C@@H](N)c1ccc(Br)cc1OCC1Cc2ccccc2O1. The van der Waals surface area contributed by atoms with Gasteiger partial charge in [-0.2, -0.15) is 0 Å². The quantitative estimate of drug-likeness (QED) is 0.913. The molecule has 2 aromatic carbocycles. The smallest absolute Gasteiger partial charge is 0.137 e. The van der Waals surface area contributed by atoms with E-state index in [1.54, 1.807) is 0 Å². The largest absolute Gasteiger partial charge is 0.489 e. The van der Waals surface area contributed by atoms with Crippen LogP contribution in [0.4, 0.5) is 0 Å². The fourth-order valence-electron chi connectivity index (χ4n) is 2.54. The summed E-state index contributed by atoms with van der Waals surface area (Å²) in [5.74, 6) is 1.78. The van der Waals surface area contributed by atoms with Gasteiger partial charge in [-0.1, -0.05) is 40.2 Å². The van der Waals surface area contributed by atoms with Crippen molar-refractivity contribution < 1.29 is 9.47 Å². The first-order valence-electron chi connectivity index (χ1n) is 7.06. The highest BCUT2D eigenvalue weighted by atomic mass is 79.9. The summed E-state index contributed by atoms with van der Waals surface area (Å²) in [6, 6.07) is 14.0. The molecule has 1 aliphatic heterocycles. The molecule has 0 fully saturated rings. The molecule has 0 spiro atoms. The van der Waals surface area contributed by atoms with Gasteiger partial charge in [0, 0.05) is 22.5 Å². The van der Waals surface area contributed by atoms with E-state index >= 15 is 0 Å². The van der Waals surface area contributed by atoms with Gasteiger partial charge in [-0.3, -0.25) is 0 Å². The van der Waals surface area contributed by atoms with Gasteiger partial charge in [-0.15, -0.1) is 0 Å². The third-order valence-electron chi connectivity index (χ3n) is 3.60. The van der Waals surface area contributed by atoms with Crippen LogP contribution in [-0.4, -0.2) is 12.7 Å². The van der Waals surface area contributed by atoms with Crippen molar-refractivity contribution >= 4 is 15.9 Å². The Hall–Kier alpha value is -1.52. The minimum Gasteiger partial charge on any atom is -0.489 e. The fraction of sp³-hybridized carbons (Fsp3) is 0.294. The normalized spacial score (nSPS) is 18.0. The van der Waals surface area contributed by atoms with Crippen LogP contribution in [0.15, 0.2) is 46.9 Å². The Balaban J connectivity index is 1.68. The van der Waals surface area contributed by atoms with E-state index in [2.05, 4.69) is 22.0 Å². The average Bonchev–Trinajstić information content (AvgIpc) is 2.87. The van der Waals surface area contributed by atoms with Crippen LogP contribution in [-0.2, 0) is 6.42 Å². The van der Waals surface area contributed by atoms with Crippen molar-refractivity contribution in [2.45, 2.75) is 25.5 Å². The topological polar surface area (TPSA) is 44.5 Å².